The number of benzene rings is 1. The SMILES string of the molecule is COC(=O)[C@@]1([C@@H](C)C(=O)c2ccccc2)NC(=S)NC(=O)[C@H]1C#N. The first-order valence-electron chi connectivity index (χ1n) is 7.08. The Morgan fingerprint density at radius 1 is 1.38 bits per heavy atom. The van der Waals surface area contributed by atoms with E-state index >= 15 is 0 Å². The van der Waals surface area contributed by atoms with Crippen LogP contribution in [0.25, 0.3) is 0 Å². The van der Waals surface area contributed by atoms with E-state index in [1.54, 1.807) is 36.4 Å². The van der Waals surface area contributed by atoms with Crippen molar-refractivity contribution in [2.45, 2.75) is 12.5 Å². The number of carbonyl (C=O) groups excluding carboxylic acids is 3. The average Bonchev–Trinajstić information content (AvgIpc) is 2.59. The number of ketones is 1. The molecule has 0 aromatic heterocycles. The number of carbonyl (C=O) groups is 3. The molecule has 0 bridgehead atoms. The van der Waals surface area contributed by atoms with Crippen molar-refractivity contribution in [3.05, 3.63) is 35.9 Å². The van der Waals surface area contributed by atoms with Crippen LogP contribution in [0.4, 0.5) is 0 Å². The van der Waals surface area contributed by atoms with Gasteiger partial charge >= 0.3 is 5.97 Å². The summed E-state index contributed by atoms with van der Waals surface area (Å²) in [5.41, 5.74) is -1.54. The van der Waals surface area contributed by atoms with E-state index in [1.807, 2.05) is 0 Å². The summed E-state index contributed by atoms with van der Waals surface area (Å²) in [4.78, 5) is 37.5. The highest BCUT2D eigenvalue weighted by Crippen LogP contribution is 2.33. The molecule has 1 amide bonds. The van der Waals surface area contributed by atoms with Gasteiger partial charge < -0.3 is 15.4 Å². The van der Waals surface area contributed by atoms with Crippen LogP contribution >= 0.6 is 12.2 Å². The van der Waals surface area contributed by atoms with Gasteiger partial charge in [0.2, 0.25) is 5.91 Å². The van der Waals surface area contributed by atoms with Gasteiger partial charge in [-0.1, -0.05) is 37.3 Å². The summed E-state index contributed by atoms with van der Waals surface area (Å²) in [6, 6.07) is 10.1. The number of hydrogen-bond acceptors (Lipinski definition) is 6. The van der Waals surface area contributed by atoms with Gasteiger partial charge in [0.05, 0.1) is 19.1 Å². The second kappa shape index (κ2) is 6.76. The van der Waals surface area contributed by atoms with Crippen LogP contribution in [0.5, 0.6) is 0 Å². The lowest BCUT2D eigenvalue weighted by atomic mass is 9.70. The smallest absolute Gasteiger partial charge is 0.334 e. The Kier molecular flexibility index (Phi) is 4.95. The molecule has 0 radical (unpaired) electrons. The van der Waals surface area contributed by atoms with Crippen LogP contribution < -0.4 is 10.6 Å². The highest BCUT2D eigenvalue weighted by molar-refractivity contribution is 7.80. The first-order chi connectivity index (χ1) is 11.4. The number of nitriles is 1. The van der Waals surface area contributed by atoms with E-state index in [1.165, 1.54) is 6.92 Å². The Labute approximate surface area is 144 Å². The van der Waals surface area contributed by atoms with Crippen molar-refractivity contribution >= 4 is 35.0 Å². The number of esters is 1. The van der Waals surface area contributed by atoms with Crippen LogP contribution in [-0.2, 0) is 14.3 Å². The summed E-state index contributed by atoms with van der Waals surface area (Å²) in [6.07, 6.45) is 0. The van der Waals surface area contributed by atoms with Gasteiger partial charge in [-0.15, -0.1) is 0 Å². The van der Waals surface area contributed by atoms with E-state index in [0.717, 1.165) is 7.11 Å². The lowest BCUT2D eigenvalue weighted by Gasteiger charge is -2.42. The Morgan fingerprint density at radius 2 is 2.00 bits per heavy atom. The fourth-order valence-electron chi connectivity index (χ4n) is 2.77. The largest absolute Gasteiger partial charge is 0.467 e. The van der Waals surface area contributed by atoms with E-state index < -0.39 is 35.0 Å². The number of nitrogens with zero attached hydrogens (tertiary/aromatic N) is 1. The molecule has 24 heavy (non-hydrogen) atoms. The molecule has 1 aromatic rings. The van der Waals surface area contributed by atoms with Crippen LogP contribution in [0.2, 0.25) is 0 Å². The molecule has 7 nitrogen and oxygen atoms in total. The minimum absolute atomic E-state index is 0.135. The first-order valence-corrected chi connectivity index (χ1v) is 7.49. The molecular formula is C16H15N3O4S. The topological polar surface area (TPSA) is 108 Å². The van der Waals surface area contributed by atoms with Crippen molar-refractivity contribution < 1.29 is 19.1 Å². The summed E-state index contributed by atoms with van der Waals surface area (Å²) < 4.78 is 4.78. The van der Waals surface area contributed by atoms with Crippen molar-refractivity contribution in [3.63, 3.8) is 0 Å². The molecule has 8 heteroatoms. The lowest BCUT2D eigenvalue weighted by Crippen LogP contribution is -2.73. The fourth-order valence-corrected chi connectivity index (χ4v) is 3.04. The van der Waals surface area contributed by atoms with Crippen molar-refractivity contribution in [2.24, 2.45) is 11.8 Å². The summed E-state index contributed by atoms with van der Waals surface area (Å²) in [5, 5.41) is 14.2. The molecule has 2 N–H and O–H groups in total. The Hall–Kier alpha value is -2.79. The number of rotatable bonds is 4. The van der Waals surface area contributed by atoms with Gasteiger partial charge in [0.1, 0.15) is 0 Å². The zero-order chi connectivity index (χ0) is 17.9. The van der Waals surface area contributed by atoms with Gasteiger partial charge in [-0.25, -0.2) is 4.79 Å². The molecule has 0 saturated carbocycles. The summed E-state index contributed by atoms with van der Waals surface area (Å²) >= 11 is 4.95. The fraction of sp³-hybridized carbons (Fsp3) is 0.312. The molecule has 1 saturated heterocycles. The minimum Gasteiger partial charge on any atom is -0.467 e. The maximum atomic E-state index is 12.8. The normalized spacial score (nSPS) is 24.1. The van der Waals surface area contributed by atoms with Crippen molar-refractivity contribution in [1.82, 2.24) is 10.6 Å². The molecule has 1 aliphatic heterocycles. The van der Waals surface area contributed by atoms with E-state index in [0.29, 0.717) is 5.56 Å². The summed E-state index contributed by atoms with van der Waals surface area (Å²) in [6.45, 7) is 1.46. The third kappa shape index (κ3) is 2.74. The highest BCUT2D eigenvalue weighted by Gasteiger charge is 2.59. The van der Waals surface area contributed by atoms with Gasteiger partial charge in [-0.05, 0) is 12.2 Å². The standard InChI is InChI=1S/C16H15N3O4S/c1-9(12(20)10-6-4-3-5-7-10)16(14(22)23-2)11(8-17)13(21)18-15(24)19-16/h3-7,9,11H,1-2H3,(H2,18,19,21,24)/t9-,11+,16-/m0/s1. The van der Waals surface area contributed by atoms with Crippen LogP contribution in [0.3, 0.4) is 0 Å². The van der Waals surface area contributed by atoms with Gasteiger partial charge in [-0.3, -0.25) is 9.59 Å². The molecule has 3 atom stereocenters. The van der Waals surface area contributed by atoms with Crippen LogP contribution in [0.15, 0.2) is 30.3 Å². The number of nitrogens with one attached hydrogen (secondary N) is 2. The summed E-state index contributed by atoms with van der Waals surface area (Å²) in [5.74, 6) is -4.60. The molecule has 1 fully saturated rings. The average molecular weight is 345 g/mol. The van der Waals surface area contributed by atoms with Crippen LogP contribution in [-0.4, -0.2) is 35.4 Å². The third-order valence-corrected chi connectivity index (χ3v) is 4.27. The Bertz CT molecular complexity index is 743. The van der Waals surface area contributed by atoms with Crippen molar-refractivity contribution in [2.75, 3.05) is 7.11 Å². The number of methoxy groups -OCH3 is 1. The second-order valence-corrected chi connectivity index (χ2v) is 5.73. The summed E-state index contributed by atoms with van der Waals surface area (Å²) in [7, 11) is 1.12. The van der Waals surface area contributed by atoms with E-state index in [2.05, 4.69) is 10.6 Å². The number of ether oxygens (including phenoxy) is 1. The number of amides is 1. The molecule has 0 aliphatic carbocycles. The predicted molar refractivity (Wildman–Crippen MR) is 87.7 cm³/mol. The monoisotopic (exact) mass is 345 g/mol. The maximum absolute atomic E-state index is 12.8. The van der Waals surface area contributed by atoms with E-state index in [4.69, 9.17) is 17.0 Å². The molecule has 124 valence electrons. The Morgan fingerprint density at radius 3 is 2.54 bits per heavy atom. The molecule has 0 unspecified atom stereocenters. The number of Topliss-reactive ketones (excluding diaryl/α,β-unsaturated/α-hetero) is 1. The second-order valence-electron chi connectivity index (χ2n) is 5.32. The quantitative estimate of drug-likeness (QED) is 0.466. The van der Waals surface area contributed by atoms with Gasteiger partial charge in [0, 0.05) is 5.56 Å². The first kappa shape index (κ1) is 17.6. The Balaban J connectivity index is 2.57. The highest BCUT2D eigenvalue weighted by atomic mass is 32.1. The molecule has 1 heterocycles. The number of hydrogen-bond donors (Lipinski definition) is 2. The van der Waals surface area contributed by atoms with Gasteiger partial charge in [0.15, 0.2) is 22.4 Å². The molecular weight excluding hydrogens is 330 g/mol. The van der Waals surface area contributed by atoms with Crippen LogP contribution in [0, 0.1) is 23.2 Å². The van der Waals surface area contributed by atoms with Crippen molar-refractivity contribution in [3.8, 4) is 6.07 Å². The zero-order valence-corrected chi connectivity index (χ0v) is 13.8. The molecule has 0 spiro atoms. The van der Waals surface area contributed by atoms with E-state index in [-0.39, 0.29) is 5.11 Å². The zero-order valence-electron chi connectivity index (χ0n) is 13.0. The lowest BCUT2D eigenvalue weighted by molar-refractivity contribution is -0.154. The van der Waals surface area contributed by atoms with Crippen molar-refractivity contribution in [1.29, 1.82) is 5.26 Å². The number of thiocarbonyl (C=S) groups is 1. The maximum Gasteiger partial charge on any atom is 0.334 e. The molecule has 1 aliphatic rings. The van der Waals surface area contributed by atoms with Crippen LogP contribution in [0.1, 0.15) is 17.3 Å². The minimum atomic E-state index is -1.89. The molecule has 1 aromatic carbocycles. The van der Waals surface area contributed by atoms with E-state index in [9.17, 15) is 19.6 Å². The van der Waals surface area contributed by atoms with Gasteiger partial charge in [0.25, 0.3) is 0 Å². The third-order valence-electron chi connectivity index (χ3n) is 4.06. The predicted octanol–water partition coefficient (Wildman–Crippen LogP) is 0.561. The molecule has 2 rings (SSSR count). The van der Waals surface area contributed by atoms with Gasteiger partial charge in [-0.2, -0.15) is 5.26 Å².